The summed E-state index contributed by atoms with van der Waals surface area (Å²) in [4.78, 5) is 0. The van der Waals surface area contributed by atoms with E-state index < -0.39 is 0 Å². The fourth-order valence-corrected chi connectivity index (χ4v) is 0.542. The van der Waals surface area contributed by atoms with Gasteiger partial charge in [0.05, 0.1) is 0 Å². The van der Waals surface area contributed by atoms with Gasteiger partial charge in [-0.25, -0.2) is 4.39 Å². The summed E-state index contributed by atoms with van der Waals surface area (Å²) in [6.07, 6.45) is 4.62. The second-order valence-electron chi connectivity index (χ2n) is 2.34. The Morgan fingerprint density at radius 2 is 1.58 bits per heavy atom. The largest absolute Gasteiger partial charge is 0.207 e. The number of hydrogen-bond acceptors (Lipinski definition) is 0. The summed E-state index contributed by atoms with van der Waals surface area (Å²) < 4.78 is 12.5. The third kappa shape index (κ3) is 7.26. The van der Waals surface area contributed by atoms with Gasteiger partial charge in [0, 0.05) is 0 Å². The molecule has 0 spiro atoms. The summed E-state index contributed by atoms with van der Waals surface area (Å²) >= 11 is 0. The summed E-state index contributed by atoms with van der Waals surface area (Å²) in [5, 5.41) is 0. The Morgan fingerprint density at radius 3 is 1.67 bits per heavy atom. The monoisotopic (exact) mass is 170 g/mol. The highest BCUT2D eigenvalue weighted by molar-refractivity contribution is 5.25. The summed E-state index contributed by atoms with van der Waals surface area (Å²) in [6, 6.07) is 0. The fourth-order valence-electron chi connectivity index (χ4n) is 0.542. The van der Waals surface area contributed by atoms with Crippen molar-refractivity contribution < 1.29 is 4.39 Å². The zero-order chi connectivity index (χ0) is 9.98. The Morgan fingerprint density at radius 1 is 1.17 bits per heavy atom. The molecule has 0 aliphatic heterocycles. The van der Waals surface area contributed by atoms with Crippen LogP contribution in [0.5, 0.6) is 0 Å². The lowest BCUT2D eigenvalue weighted by Gasteiger charge is -1.94. The normalized spacial score (nSPS) is 10.7. The maximum atomic E-state index is 12.5. The van der Waals surface area contributed by atoms with E-state index in [9.17, 15) is 4.39 Å². The maximum absolute atomic E-state index is 12.5. The van der Waals surface area contributed by atoms with Gasteiger partial charge in [-0.15, -0.1) is 0 Å². The van der Waals surface area contributed by atoms with E-state index in [1.165, 1.54) is 18.6 Å². The zero-order valence-corrected chi connectivity index (χ0v) is 8.36. The first kappa shape index (κ1) is 13.7. The lowest BCUT2D eigenvalue weighted by molar-refractivity contribution is 0.653. The van der Waals surface area contributed by atoms with Crippen LogP contribution in [0.3, 0.4) is 0 Å². The van der Waals surface area contributed by atoms with Crippen molar-refractivity contribution in [1.29, 1.82) is 0 Å². The molecule has 0 saturated carbocycles. The highest BCUT2D eigenvalue weighted by atomic mass is 19.1. The number of rotatable bonds is 3. The molecule has 0 nitrogen and oxygen atoms in total. The van der Waals surface area contributed by atoms with Crippen molar-refractivity contribution in [3.63, 3.8) is 0 Å². The summed E-state index contributed by atoms with van der Waals surface area (Å²) in [5.74, 6) is -0.271. The Hall–Kier alpha value is -0.850. The van der Waals surface area contributed by atoms with Crippen molar-refractivity contribution in [1.82, 2.24) is 0 Å². The number of halogens is 1. The molecule has 0 fully saturated rings. The maximum Gasteiger partial charge on any atom is 0.125 e. The molecule has 0 rings (SSSR count). The second kappa shape index (κ2) is 10.2. The molecule has 0 aromatic heterocycles. The lowest BCUT2D eigenvalue weighted by atomic mass is 10.2. The standard InChI is InChI=1S/C8H11F.C3H8/c1-4-7(5-2)8(9)6-3;1-3-2/h4,6H,1,3,5H2,2H3;3H2,1-2H3/b8-7-;. The smallest absolute Gasteiger partial charge is 0.125 e. The molecule has 0 aliphatic rings. The van der Waals surface area contributed by atoms with Crippen molar-refractivity contribution in [2.75, 3.05) is 0 Å². The predicted molar refractivity (Wildman–Crippen MR) is 54.8 cm³/mol. The molecule has 12 heavy (non-hydrogen) atoms. The lowest BCUT2D eigenvalue weighted by Crippen LogP contribution is -1.76. The molecule has 0 bridgehead atoms. The first-order chi connectivity index (χ1) is 5.67. The molecule has 1 heteroatoms. The van der Waals surface area contributed by atoms with Crippen LogP contribution >= 0.6 is 0 Å². The highest BCUT2D eigenvalue weighted by Gasteiger charge is 1.93. The van der Waals surface area contributed by atoms with Crippen LogP contribution in [0.1, 0.15) is 33.6 Å². The third-order valence-corrected chi connectivity index (χ3v) is 1.11. The van der Waals surface area contributed by atoms with E-state index in [4.69, 9.17) is 0 Å². The van der Waals surface area contributed by atoms with Crippen LogP contribution in [-0.2, 0) is 0 Å². The molecule has 70 valence electrons. The molecule has 0 aromatic rings. The number of hydrogen-bond donors (Lipinski definition) is 0. The van der Waals surface area contributed by atoms with Gasteiger partial charge in [0.15, 0.2) is 0 Å². The number of allylic oxidation sites excluding steroid dienone is 4. The van der Waals surface area contributed by atoms with Gasteiger partial charge in [0.25, 0.3) is 0 Å². The van der Waals surface area contributed by atoms with Crippen molar-refractivity contribution in [2.45, 2.75) is 33.6 Å². The molecule has 0 aromatic carbocycles. The van der Waals surface area contributed by atoms with Gasteiger partial charge >= 0.3 is 0 Å². The summed E-state index contributed by atoms with van der Waals surface area (Å²) in [5.41, 5.74) is 0.616. The molecule has 0 amide bonds. The Balaban J connectivity index is 0. The van der Waals surface area contributed by atoms with Crippen LogP contribution < -0.4 is 0 Å². The van der Waals surface area contributed by atoms with Crippen LogP contribution in [0.15, 0.2) is 36.7 Å². The first-order valence-corrected chi connectivity index (χ1v) is 4.31. The van der Waals surface area contributed by atoms with E-state index in [0.717, 1.165) is 0 Å². The van der Waals surface area contributed by atoms with Crippen LogP contribution in [0.4, 0.5) is 4.39 Å². The van der Waals surface area contributed by atoms with E-state index in [0.29, 0.717) is 12.0 Å². The molecular formula is C11H19F. The average molecular weight is 170 g/mol. The minimum absolute atomic E-state index is 0.271. The summed E-state index contributed by atoms with van der Waals surface area (Å²) in [7, 11) is 0. The van der Waals surface area contributed by atoms with Gasteiger partial charge in [-0.05, 0) is 18.1 Å². The van der Waals surface area contributed by atoms with Gasteiger partial charge in [-0.3, -0.25) is 0 Å². The quantitative estimate of drug-likeness (QED) is 0.550. The van der Waals surface area contributed by atoms with Gasteiger partial charge in [-0.1, -0.05) is 46.4 Å². The van der Waals surface area contributed by atoms with Crippen molar-refractivity contribution in [3.8, 4) is 0 Å². The van der Waals surface area contributed by atoms with Crippen LogP contribution in [-0.4, -0.2) is 0 Å². The minimum atomic E-state index is -0.271. The van der Waals surface area contributed by atoms with E-state index in [2.05, 4.69) is 27.0 Å². The molecule has 0 unspecified atom stereocenters. The minimum Gasteiger partial charge on any atom is -0.207 e. The van der Waals surface area contributed by atoms with Crippen molar-refractivity contribution in [3.05, 3.63) is 36.7 Å². The van der Waals surface area contributed by atoms with E-state index in [1.54, 1.807) is 0 Å². The third-order valence-electron chi connectivity index (χ3n) is 1.11. The second-order valence-corrected chi connectivity index (χ2v) is 2.34. The Labute approximate surface area is 75.5 Å². The first-order valence-electron chi connectivity index (χ1n) is 4.31. The Kier molecular flexibility index (Phi) is 11.6. The van der Waals surface area contributed by atoms with E-state index in [-0.39, 0.29) is 5.83 Å². The van der Waals surface area contributed by atoms with Crippen molar-refractivity contribution in [2.24, 2.45) is 0 Å². The molecule has 0 N–H and O–H groups in total. The van der Waals surface area contributed by atoms with Gasteiger partial charge in [-0.2, -0.15) is 0 Å². The van der Waals surface area contributed by atoms with Crippen molar-refractivity contribution >= 4 is 0 Å². The highest BCUT2D eigenvalue weighted by Crippen LogP contribution is 2.10. The molecule has 0 saturated heterocycles. The molecule has 0 aliphatic carbocycles. The SMILES string of the molecule is C=C/C(F)=C(\C=C)CC.CCC. The summed E-state index contributed by atoms with van der Waals surface area (Å²) in [6.45, 7) is 12.9. The average Bonchev–Trinajstić information content (AvgIpc) is 2.08. The molecular weight excluding hydrogens is 151 g/mol. The Bertz CT molecular complexity index is 154. The van der Waals surface area contributed by atoms with Gasteiger partial charge < -0.3 is 0 Å². The van der Waals surface area contributed by atoms with Crippen LogP contribution in [0, 0.1) is 0 Å². The van der Waals surface area contributed by atoms with Crippen LogP contribution in [0.25, 0.3) is 0 Å². The molecule has 0 atom stereocenters. The zero-order valence-electron chi connectivity index (χ0n) is 8.36. The predicted octanol–water partition coefficient (Wildman–Crippen LogP) is 4.41. The van der Waals surface area contributed by atoms with E-state index >= 15 is 0 Å². The fraction of sp³-hybridized carbons (Fsp3) is 0.455. The van der Waals surface area contributed by atoms with Gasteiger partial charge in [0.1, 0.15) is 5.83 Å². The topological polar surface area (TPSA) is 0 Å². The van der Waals surface area contributed by atoms with Gasteiger partial charge in [0.2, 0.25) is 0 Å². The molecule has 0 heterocycles. The van der Waals surface area contributed by atoms with E-state index in [1.807, 2.05) is 6.92 Å². The van der Waals surface area contributed by atoms with Crippen LogP contribution in [0.2, 0.25) is 0 Å². The molecule has 0 radical (unpaired) electrons.